The van der Waals surface area contributed by atoms with Crippen LogP contribution in [0.4, 0.5) is 0 Å². The molecule has 0 aliphatic rings. The summed E-state index contributed by atoms with van der Waals surface area (Å²) in [5.41, 5.74) is 6.35. The van der Waals surface area contributed by atoms with E-state index in [-0.39, 0.29) is 6.54 Å². The van der Waals surface area contributed by atoms with Crippen LogP contribution in [-0.4, -0.2) is 22.9 Å². The lowest BCUT2D eigenvalue weighted by molar-refractivity contribution is 0.0242. The van der Waals surface area contributed by atoms with E-state index >= 15 is 0 Å². The van der Waals surface area contributed by atoms with Crippen molar-refractivity contribution in [3.05, 3.63) is 35.4 Å². The summed E-state index contributed by atoms with van der Waals surface area (Å²) in [6.45, 7) is 0.0000718. The number of hydrogen-bond donors (Lipinski definition) is 3. The molecule has 2 unspecified atom stereocenters. The van der Waals surface area contributed by atoms with Gasteiger partial charge in [-0.25, -0.2) is 0 Å². The van der Waals surface area contributed by atoms with Crippen LogP contribution in [0.15, 0.2) is 24.3 Å². The zero-order valence-electron chi connectivity index (χ0n) is 7.72. The number of hydrogen-bond acceptors (Lipinski definition) is 3. The van der Waals surface area contributed by atoms with Gasteiger partial charge < -0.3 is 15.9 Å². The smallest absolute Gasteiger partial charge is 0.107 e. The Kier molecular flexibility index (Phi) is 3.66. The Morgan fingerprint density at radius 2 is 2.00 bits per heavy atom. The van der Waals surface area contributed by atoms with Crippen molar-refractivity contribution in [3.8, 4) is 12.3 Å². The fourth-order valence-electron chi connectivity index (χ4n) is 1.22. The van der Waals surface area contributed by atoms with Crippen LogP contribution in [0.5, 0.6) is 0 Å². The van der Waals surface area contributed by atoms with E-state index in [1.54, 1.807) is 24.3 Å². The van der Waals surface area contributed by atoms with Gasteiger partial charge in [0.15, 0.2) is 0 Å². The van der Waals surface area contributed by atoms with E-state index in [9.17, 15) is 10.2 Å². The standard InChI is InChI=1S/C11H13NO2/c1-2-8-5-3-4-6-9(8)11(14)10(13)7-12/h1,3-6,10-11,13-14H,7,12H2. The Morgan fingerprint density at radius 1 is 1.36 bits per heavy atom. The van der Waals surface area contributed by atoms with Gasteiger partial charge >= 0.3 is 0 Å². The molecule has 0 fully saturated rings. The molecule has 0 spiro atoms. The lowest BCUT2D eigenvalue weighted by Gasteiger charge is -2.17. The fraction of sp³-hybridized carbons (Fsp3) is 0.273. The van der Waals surface area contributed by atoms with Gasteiger partial charge in [-0.3, -0.25) is 0 Å². The first-order valence-corrected chi connectivity index (χ1v) is 4.32. The van der Waals surface area contributed by atoms with Crippen molar-refractivity contribution in [2.75, 3.05) is 6.54 Å². The third-order valence-electron chi connectivity index (χ3n) is 2.04. The van der Waals surface area contributed by atoms with Crippen LogP contribution in [-0.2, 0) is 0 Å². The van der Waals surface area contributed by atoms with Gasteiger partial charge in [-0.15, -0.1) is 6.42 Å². The summed E-state index contributed by atoms with van der Waals surface area (Å²) in [6, 6.07) is 6.92. The van der Waals surface area contributed by atoms with E-state index in [0.29, 0.717) is 11.1 Å². The molecular formula is C11H13NO2. The summed E-state index contributed by atoms with van der Waals surface area (Å²) < 4.78 is 0. The minimum absolute atomic E-state index is 0.0000718. The van der Waals surface area contributed by atoms with Gasteiger partial charge in [-0.1, -0.05) is 24.1 Å². The molecule has 0 aliphatic carbocycles. The Hall–Kier alpha value is -1.34. The first-order valence-electron chi connectivity index (χ1n) is 4.32. The van der Waals surface area contributed by atoms with Crippen molar-refractivity contribution in [3.63, 3.8) is 0 Å². The van der Waals surface area contributed by atoms with E-state index in [1.165, 1.54) is 0 Å². The van der Waals surface area contributed by atoms with Crippen molar-refractivity contribution < 1.29 is 10.2 Å². The van der Waals surface area contributed by atoms with Gasteiger partial charge in [0.25, 0.3) is 0 Å². The molecule has 0 bridgehead atoms. The molecule has 0 aliphatic heterocycles. The van der Waals surface area contributed by atoms with Crippen LogP contribution in [0.2, 0.25) is 0 Å². The average molecular weight is 191 g/mol. The highest BCUT2D eigenvalue weighted by molar-refractivity contribution is 5.41. The molecule has 2 atom stereocenters. The second kappa shape index (κ2) is 4.77. The molecule has 0 saturated carbocycles. The van der Waals surface area contributed by atoms with Crippen molar-refractivity contribution >= 4 is 0 Å². The SMILES string of the molecule is C#Cc1ccccc1C(O)C(O)CN. The number of aliphatic hydroxyl groups excluding tert-OH is 2. The van der Waals surface area contributed by atoms with Gasteiger partial charge in [-0.05, 0) is 11.6 Å². The Balaban J connectivity index is 3.01. The lowest BCUT2D eigenvalue weighted by Crippen LogP contribution is -2.27. The molecule has 0 heterocycles. The maximum Gasteiger partial charge on any atom is 0.107 e. The van der Waals surface area contributed by atoms with Crippen molar-refractivity contribution in [2.45, 2.75) is 12.2 Å². The molecule has 0 saturated heterocycles. The summed E-state index contributed by atoms with van der Waals surface area (Å²) in [4.78, 5) is 0. The predicted molar refractivity (Wildman–Crippen MR) is 54.4 cm³/mol. The molecule has 4 N–H and O–H groups in total. The Labute approximate surface area is 83.2 Å². The van der Waals surface area contributed by atoms with Crippen LogP contribution in [0.25, 0.3) is 0 Å². The predicted octanol–water partition coefficient (Wildman–Crippen LogP) is 0.0209. The number of rotatable bonds is 3. The topological polar surface area (TPSA) is 66.5 Å². The molecule has 3 nitrogen and oxygen atoms in total. The van der Waals surface area contributed by atoms with Gasteiger partial charge in [0.2, 0.25) is 0 Å². The zero-order chi connectivity index (χ0) is 10.6. The molecule has 3 heteroatoms. The summed E-state index contributed by atoms with van der Waals surface area (Å²) in [7, 11) is 0. The summed E-state index contributed by atoms with van der Waals surface area (Å²) in [6.07, 6.45) is 3.25. The van der Waals surface area contributed by atoms with E-state index < -0.39 is 12.2 Å². The second-order valence-corrected chi connectivity index (χ2v) is 2.98. The molecule has 0 aromatic heterocycles. The van der Waals surface area contributed by atoms with Crippen molar-refractivity contribution in [1.82, 2.24) is 0 Å². The third-order valence-corrected chi connectivity index (χ3v) is 2.04. The number of terminal acetylenes is 1. The van der Waals surface area contributed by atoms with Crippen LogP contribution in [0.3, 0.4) is 0 Å². The highest BCUT2D eigenvalue weighted by Gasteiger charge is 2.18. The van der Waals surface area contributed by atoms with Gasteiger partial charge in [0.1, 0.15) is 6.10 Å². The minimum atomic E-state index is -1.02. The van der Waals surface area contributed by atoms with Crippen LogP contribution >= 0.6 is 0 Å². The third kappa shape index (κ3) is 2.12. The van der Waals surface area contributed by atoms with Crippen molar-refractivity contribution in [2.24, 2.45) is 5.73 Å². The van der Waals surface area contributed by atoms with E-state index in [0.717, 1.165) is 0 Å². The van der Waals surface area contributed by atoms with Crippen LogP contribution in [0, 0.1) is 12.3 Å². The zero-order valence-corrected chi connectivity index (χ0v) is 7.72. The highest BCUT2D eigenvalue weighted by Crippen LogP contribution is 2.19. The lowest BCUT2D eigenvalue weighted by atomic mass is 9.99. The van der Waals surface area contributed by atoms with Gasteiger partial charge in [0, 0.05) is 12.1 Å². The monoisotopic (exact) mass is 191 g/mol. The molecular weight excluding hydrogens is 178 g/mol. The summed E-state index contributed by atoms with van der Waals surface area (Å²) in [5.74, 6) is 2.44. The van der Waals surface area contributed by atoms with Gasteiger partial charge in [-0.2, -0.15) is 0 Å². The maximum atomic E-state index is 9.68. The normalized spacial score (nSPS) is 14.4. The largest absolute Gasteiger partial charge is 0.389 e. The first-order chi connectivity index (χ1) is 6.70. The highest BCUT2D eigenvalue weighted by atomic mass is 16.3. The van der Waals surface area contributed by atoms with E-state index in [2.05, 4.69) is 5.92 Å². The molecule has 1 aromatic carbocycles. The molecule has 0 radical (unpaired) electrons. The summed E-state index contributed by atoms with van der Waals surface area (Å²) >= 11 is 0. The quantitative estimate of drug-likeness (QED) is 0.590. The first kappa shape index (κ1) is 10.7. The molecule has 0 amide bonds. The molecule has 74 valence electrons. The Morgan fingerprint density at radius 3 is 2.57 bits per heavy atom. The average Bonchev–Trinajstić information content (AvgIpc) is 2.26. The molecule has 1 aromatic rings. The minimum Gasteiger partial charge on any atom is -0.389 e. The van der Waals surface area contributed by atoms with E-state index in [4.69, 9.17) is 12.2 Å². The fourth-order valence-corrected chi connectivity index (χ4v) is 1.22. The number of nitrogens with two attached hydrogens (primary N) is 1. The van der Waals surface area contributed by atoms with E-state index in [1.807, 2.05) is 0 Å². The second-order valence-electron chi connectivity index (χ2n) is 2.98. The summed E-state index contributed by atoms with van der Waals surface area (Å²) in [5, 5.41) is 19.0. The van der Waals surface area contributed by atoms with Gasteiger partial charge in [0.05, 0.1) is 6.10 Å². The van der Waals surface area contributed by atoms with Crippen LogP contribution in [0.1, 0.15) is 17.2 Å². The number of aliphatic hydroxyl groups is 2. The number of benzene rings is 1. The Bertz CT molecular complexity index is 343. The molecule has 1 rings (SSSR count). The molecule has 14 heavy (non-hydrogen) atoms. The maximum absolute atomic E-state index is 9.68. The van der Waals surface area contributed by atoms with Crippen molar-refractivity contribution in [1.29, 1.82) is 0 Å². The van der Waals surface area contributed by atoms with Crippen LogP contribution < -0.4 is 5.73 Å².